The Balaban J connectivity index is 2.81. The predicted molar refractivity (Wildman–Crippen MR) is 33.7 cm³/mol. The van der Waals surface area contributed by atoms with Crippen LogP contribution in [0.4, 0.5) is 30.7 Å². The van der Waals surface area contributed by atoms with Crippen LogP contribution in [0.2, 0.25) is 0 Å². The van der Waals surface area contributed by atoms with E-state index in [1.165, 1.54) is 0 Å². The van der Waals surface area contributed by atoms with Crippen LogP contribution in [0.25, 0.3) is 0 Å². The summed E-state index contributed by atoms with van der Waals surface area (Å²) in [4.78, 5) is 0. The van der Waals surface area contributed by atoms with E-state index in [-0.39, 0.29) is 0 Å². The van der Waals surface area contributed by atoms with E-state index >= 15 is 0 Å². The van der Waals surface area contributed by atoms with Crippen LogP contribution in [0.3, 0.4) is 0 Å². The van der Waals surface area contributed by atoms with Gasteiger partial charge in [-0.1, -0.05) is 0 Å². The third-order valence-electron chi connectivity index (χ3n) is 2.24. The maximum atomic E-state index is 12.7. The van der Waals surface area contributed by atoms with Gasteiger partial charge in [-0.05, 0) is 6.42 Å². The van der Waals surface area contributed by atoms with E-state index in [2.05, 4.69) is 0 Å². The van der Waals surface area contributed by atoms with E-state index in [1.807, 2.05) is 0 Å². The second kappa shape index (κ2) is 3.58. The highest BCUT2D eigenvalue weighted by Gasteiger charge is 2.56. The van der Waals surface area contributed by atoms with Crippen molar-refractivity contribution in [2.45, 2.75) is 37.3 Å². The van der Waals surface area contributed by atoms with Crippen molar-refractivity contribution >= 4 is 0 Å². The van der Waals surface area contributed by atoms with E-state index in [9.17, 15) is 30.7 Å². The van der Waals surface area contributed by atoms with Gasteiger partial charge in [0.05, 0.1) is 5.92 Å². The van der Waals surface area contributed by atoms with E-state index in [0.717, 1.165) is 0 Å². The van der Waals surface area contributed by atoms with Crippen molar-refractivity contribution in [2.24, 2.45) is 5.92 Å². The van der Waals surface area contributed by atoms with Gasteiger partial charge in [-0.15, -0.1) is 0 Å². The lowest BCUT2D eigenvalue weighted by atomic mass is 9.83. The van der Waals surface area contributed by atoms with Crippen molar-refractivity contribution < 1.29 is 30.7 Å². The Morgan fingerprint density at radius 3 is 1.71 bits per heavy atom. The lowest BCUT2D eigenvalue weighted by Crippen LogP contribution is -2.50. The second-order valence-corrected chi connectivity index (χ2v) is 3.23. The Morgan fingerprint density at radius 1 is 0.786 bits per heavy atom. The molecule has 14 heavy (non-hydrogen) atoms. The summed E-state index contributed by atoms with van der Waals surface area (Å²) in [7, 11) is 0. The zero-order valence-corrected chi connectivity index (χ0v) is 6.74. The molecule has 0 bridgehead atoms. The molecule has 84 valence electrons. The number of hydrogen-bond acceptors (Lipinski definition) is 0. The molecule has 0 aromatic rings. The quantitative estimate of drug-likeness (QED) is 0.555. The van der Waals surface area contributed by atoms with Gasteiger partial charge in [0.1, 0.15) is 12.3 Å². The number of alkyl halides is 7. The standard InChI is InChI=1S/C7H7F7/c8-3-1-2(7(12,13)14)4(9)6(11)5(3)10/h2-6H,1H2. The largest absolute Gasteiger partial charge is 0.394 e. The van der Waals surface area contributed by atoms with Crippen molar-refractivity contribution in [3.63, 3.8) is 0 Å². The molecule has 1 aliphatic carbocycles. The summed E-state index contributed by atoms with van der Waals surface area (Å²) in [6, 6.07) is 0. The third kappa shape index (κ3) is 1.95. The molecule has 0 nitrogen and oxygen atoms in total. The molecule has 1 saturated carbocycles. The van der Waals surface area contributed by atoms with E-state index < -0.39 is 43.2 Å². The van der Waals surface area contributed by atoms with Crippen LogP contribution in [-0.2, 0) is 0 Å². The highest BCUT2D eigenvalue weighted by molar-refractivity contribution is 4.96. The van der Waals surface area contributed by atoms with Crippen molar-refractivity contribution in [2.75, 3.05) is 0 Å². The van der Waals surface area contributed by atoms with Gasteiger partial charge in [0.15, 0.2) is 12.3 Å². The topological polar surface area (TPSA) is 0 Å². The Bertz CT molecular complexity index is 201. The lowest BCUT2D eigenvalue weighted by Gasteiger charge is -2.34. The molecule has 0 spiro atoms. The molecule has 0 radical (unpaired) electrons. The molecule has 0 aromatic heterocycles. The SMILES string of the molecule is FC1CC(C(F)(F)F)C(F)C(F)C1F. The maximum Gasteiger partial charge on any atom is 0.394 e. The van der Waals surface area contributed by atoms with Crippen LogP contribution in [0.1, 0.15) is 6.42 Å². The first-order valence-electron chi connectivity index (χ1n) is 3.88. The molecule has 0 aliphatic heterocycles. The fraction of sp³-hybridized carbons (Fsp3) is 1.00. The number of hydrogen-bond donors (Lipinski definition) is 0. The summed E-state index contributed by atoms with van der Waals surface area (Å²) in [5.41, 5.74) is 0. The fourth-order valence-corrected chi connectivity index (χ4v) is 1.41. The minimum Gasteiger partial charge on any atom is -0.244 e. The Hall–Kier alpha value is -0.490. The smallest absolute Gasteiger partial charge is 0.244 e. The average molecular weight is 224 g/mol. The number of halogens is 7. The van der Waals surface area contributed by atoms with Crippen LogP contribution in [0, 0.1) is 5.92 Å². The minimum atomic E-state index is -5.03. The molecule has 7 heteroatoms. The first-order chi connectivity index (χ1) is 6.25. The Morgan fingerprint density at radius 2 is 1.29 bits per heavy atom. The molecule has 0 saturated heterocycles. The molecule has 0 amide bonds. The van der Waals surface area contributed by atoms with Gasteiger partial charge < -0.3 is 0 Å². The summed E-state index contributed by atoms with van der Waals surface area (Å²) in [6.07, 6.45) is -17.8. The van der Waals surface area contributed by atoms with Crippen LogP contribution in [0.15, 0.2) is 0 Å². The first-order valence-corrected chi connectivity index (χ1v) is 3.88. The zero-order chi connectivity index (χ0) is 11.1. The molecule has 0 N–H and O–H groups in total. The van der Waals surface area contributed by atoms with E-state index in [0.29, 0.717) is 0 Å². The van der Waals surface area contributed by atoms with Crippen molar-refractivity contribution in [3.05, 3.63) is 0 Å². The van der Waals surface area contributed by atoms with Gasteiger partial charge in [-0.25, -0.2) is 17.6 Å². The van der Waals surface area contributed by atoms with Gasteiger partial charge in [0.2, 0.25) is 0 Å². The second-order valence-electron chi connectivity index (χ2n) is 3.23. The summed E-state index contributed by atoms with van der Waals surface area (Å²) in [6.45, 7) is 0. The first kappa shape index (κ1) is 11.6. The van der Waals surface area contributed by atoms with Gasteiger partial charge in [-0.2, -0.15) is 13.2 Å². The molecule has 0 heterocycles. The third-order valence-corrected chi connectivity index (χ3v) is 2.24. The van der Waals surface area contributed by atoms with Crippen LogP contribution < -0.4 is 0 Å². The molecule has 5 atom stereocenters. The lowest BCUT2D eigenvalue weighted by molar-refractivity contribution is -0.219. The molecule has 1 fully saturated rings. The van der Waals surface area contributed by atoms with E-state index in [1.54, 1.807) is 0 Å². The summed E-state index contributed by atoms with van der Waals surface area (Å²) >= 11 is 0. The molecule has 1 rings (SSSR count). The molecule has 0 aromatic carbocycles. The average Bonchev–Trinajstić information content (AvgIpc) is 2.06. The zero-order valence-electron chi connectivity index (χ0n) is 6.74. The van der Waals surface area contributed by atoms with Gasteiger partial charge in [0, 0.05) is 0 Å². The highest BCUT2D eigenvalue weighted by atomic mass is 19.4. The summed E-state index contributed by atoms with van der Waals surface area (Å²) in [5, 5.41) is 0. The van der Waals surface area contributed by atoms with Crippen molar-refractivity contribution in [3.8, 4) is 0 Å². The minimum absolute atomic E-state index is 1.35. The Kier molecular flexibility index (Phi) is 2.96. The predicted octanol–water partition coefficient (Wildman–Crippen LogP) is 2.92. The molecule has 5 unspecified atom stereocenters. The molecular formula is C7H7F7. The fourth-order valence-electron chi connectivity index (χ4n) is 1.41. The van der Waals surface area contributed by atoms with Crippen LogP contribution >= 0.6 is 0 Å². The van der Waals surface area contributed by atoms with Gasteiger partial charge in [-0.3, -0.25) is 0 Å². The van der Waals surface area contributed by atoms with Crippen molar-refractivity contribution in [1.29, 1.82) is 0 Å². The summed E-state index contributed by atoms with van der Waals surface area (Å²) < 4.78 is 86.0. The van der Waals surface area contributed by atoms with Gasteiger partial charge in [0.25, 0.3) is 0 Å². The normalized spacial score (nSPS) is 45.2. The van der Waals surface area contributed by atoms with Gasteiger partial charge >= 0.3 is 6.18 Å². The summed E-state index contributed by atoms with van der Waals surface area (Å²) in [5.74, 6) is -2.75. The highest BCUT2D eigenvalue weighted by Crippen LogP contribution is 2.42. The Labute approximate surface area is 75.1 Å². The molecule has 1 aliphatic rings. The number of rotatable bonds is 0. The monoisotopic (exact) mass is 224 g/mol. The van der Waals surface area contributed by atoms with E-state index in [4.69, 9.17) is 0 Å². The maximum absolute atomic E-state index is 12.7. The van der Waals surface area contributed by atoms with Crippen molar-refractivity contribution in [1.82, 2.24) is 0 Å². The van der Waals surface area contributed by atoms with Crippen LogP contribution in [0.5, 0.6) is 0 Å². The molecular weight excluding hydrogens is 217 g/mol. The van der Waals surface area contributed by atoms with Crippen LogP contribution in [-0.4, -0.2) is 30.9 Å².